The van der Waals surface area contributed by atoms with Crippen LogP contribution in [-0.4, -0.2) is 12.7 Å². The van der Waals surface area contributed by atoms with Crippen molar-refractivity contribution in [2.24, 2.45) is 0 Å². The van der Waals surface area contributed by atoms with Crippen LogP contribution in [0.15, 0.2) is 72.3 Å². The van der Waals surface area contributed by atoms with Gasteiger partial charge in [-0.2, -0.15) is 0 Å². The fourth-order valence-electron chi connectivity index (χ4n) is 2.44. The van der Waals surface area contributed by atoms with Crippen molar-refractivity contribution in [3.8, 4) is 0 Å². The van der Waals surface area contributed by atoms with E-state index in [1.165, 1.54) is 11.1 Å². The van der Waals surface area contributed by atoms with E-state index in [4.69, 9.17) is 9.47 Å². The summed E-state index contributed by atoms with van der Waals surface area (Å²) in [4.78, 5) is 0. The first kappa shape index (κ1) is 15.4. The maximum absolute atomic E-state index is 5.81. The average Bonchev–Trinajstić information content (AvgIpc) is 2.54. The first-order valence-electron chi connectivity index (χ1n) is 7.55. The van der Waals surface area contributed by atoms with Crippen molar-refractivity contribution < 1.29 is 9.47 Å². The van der Waals surface area contributed by atoms with Crippen LogP contribution in [0.3, 0.4) is 0 Å². The molecule has 0 aliphatic heterocycles. The molecule has 112 valence electrons. The Kier molecular flexibility index (Phi) is 5.68. The van der Waals surface area contributed by atoms with Gasteiger partial charge in [0.15, 0.2) is 0 Å². The SMILES string of the molecule is C=CC(=C)OC(C)COC1=CC=C(C2=CC=CCC2)CC1. The molecule has 2 heteroatoms. The fourth-order valence-corrected chi connectivity index (χ4v) is 2.44. The Morgan fingerprint density at radius 1 is 1.24 bits per heavy atom. The highest BCUT2D eigenvalue weighted by molar-refractivity contribution is 5.40. The molecule has 1 atom stereocenters. The second kappa shape index (κ2) is 7.72. The predicted octanol–water partition coefficient (Wildman–Crippen LogP) is 4.99. The Bertz CT molecular complexity index is 518. The molecule has 0 spiro atoms. The highest BCUT2D eigenvalue weighted by Gasteiger charge is 2.13. The van der Waals surface area contributed by atoms with Gasteiger partial charge in [0.25, 0.3) is 0 Å². The summed E-state index contributed by atoms with van der Waals surface area (Å²) in [5.41, 5.74) is 2.91. The van der Waals surface area contributed by atoms with Crippen molar-refractivity contribution in [2.45, 2.75) is 38.7 Å². The molecule has 0 radical (unpaired) electrons. The molecule has 0 saturated heterocycles. The van der Waals surface area contributed by atoms with Crippen LogP contribution in [0.5, 0.6) is 0 Å². The summed E-state index contributed by atoms with van der Waals surface area (Å²) in [5, 5.41) is 0. The number of allylic oxidation sites excluding steroid dienone is 9. The fraction of sp³-hybridized carbons (Fsp3) is 0.368. The van der Waals surface area contributed by atoms with E-state index in [0.29, 0.717) is 12.4 Å². The van der Waals surface area contributed by atoms with E-state index in [9.17, 15) is 0 Å². The summed E-state index contributed by atoms with van der Waals surface area (Å²) in [6.07, 6.45) is 16.8. The Morgan fingerprint density at radius 3 is 2.67 bits per heavy atom. The van der Waals surface area contributed by atoms with Gasteiger partial charge in [-0.3, -0.25) is 0 Å². The molecule has 1 unspecified atom stereocenters. The van der Waals surface area contributed by atoms with Crippen LogP contribution in [0, 0.1) is 0 Å². The van der Waals surface area contributed by atoms with E-state index in [-0.39, 0.29) is 6.10 Å². The van der Waals surface area contributed by atoms with Crippen molar-refractivity contribution in [1.29, 1.82) is 0 Å². The molecule has 0 fully saturated rings. The van der Waals surface area contributed by atoms with Crippen LogP contribution < -0.4 is 0 Å². The second-order valence-corrected chi connectivity index (χ2v) is 5.39. The van der Waals surface area contributed by atoms with E-state index in [1.807, 2.05) is 6.92 Å². The topological polar surface area (TPSA) is 18.5 Å². The van der Waals surface area contributed by atoms with Crippen LogP contribution in [0.25, 0.3) is 0 Å². The maximum atomic E-state index is 5.81. The molecular formula is C19H24O2. The molecule has 21 heavy (non-hydrogen) atoms. The molecule has 0 aromatic heterocycles. The Labute approximate surface area is 127 Å². The largest absolute Gasteiger partial charge is 0.494 e. The quantitative estimate of drug-likeness (QED) is 0.484. The van der Waals surface area contributed by atoms with E-state index < -0.39 is 0 Å². The molecule has 2 aliphatic rings. The van der Waals surface area contributed by atoms with Gasteiger partial charge in [0.05, 0.1) is 5.76 Å². The van der Waals surface area contributed by atoms with Gasteiger partial charge in [0.1, 0.15) is 18.5 Å². The Hall–Kier alpha value is -1.96. The van der Waals surface area contributed by atoms with Gasteiger partial charge in [0, 0.05) is 6.42 Å². The second-order valence-electron chi connectivity index (χ2n) is 5.39. The lowest BCUT2D eigenvalue weighted by molar-refractivity contribution is 0.0569. The monoisotopic (exact) mass is 284 g/mol. The van der Waals surface area contributed by atoms with Gasteiger partial charge in [-0.25, -0.2) is 0 Å². The molecule has 0 heterocycles. The van der Waals surface area contributed by atoms with Crippen molar-refractivity contribution in [3.05, 3.63) is 72.3 Å². The highest BCUT2D eigenvalue weighted by Crippen LogP contribution is 2.29. The summed E-state index contributed by atoms with van der Waals surface area (Å²) < 4.78 is 11.3. The van der Waals surface area contributed by atoms with Gasteiger partial charge >= 0.3 is 0 Å². The minimum atomic E-state index is -0.0204. The average molecular weight is 284 g/mol. The van der Waals surface area contributed by atoms with Gasteiger partial charge in [-0.1, -0.05) is 37.5 Å². The number of ether oxygens (including phenoxy) is 2. The van der Waals surface area contributed by atoms with Crippen LogP contribution in [0.4, 0.5) is 0 Å². The van der Waals surface area contributed by atoms with Crippen molar-refractivity contribution in [3.63, 3.8) is 0 Å². The molecule has 2 nitrogen and oxygen atoms in total. The Balaban J connectivity index is 1.83. The zero-order chi connectivity index (χ0) is 15.1. The lowest BCUT2D eigenvalue weighted by atomic mass is 9.91. The first-order valence-corrected chi connectivity index (χ1v) is 7.55. The molecule has 0 aromatic rings. The van der Waals surface area contributed by atoms with Gasteiger partial charge in [-0.15, -0.1) is 0 Å². The maximum Gasteiger partial charge on any atom is 0.130 e. The number of hydrogen-bond donors (Lipinski definition) is 0. The zero-order valence-corrected chi connectivity index (χ0v) is 12.8. The molecule has 0 saturated carbocycles. The first-order chi connectivity index (χ1) is 10.2. The molecule has 2 rings (SSSR count). The summed E-state index contributed by atoms with van der Waals surface area (Å²) in [6.45, 7) is 9.87. The smallest absolute Gasteiger partial charge is 0.130 e. The van der Waals surface area contributed by atoms with E-state index in [0.717, 1.165) is 31.4 Å². The minimum absolute atomic E-state index is 0.0204. The van der Waals surface area contributed by atoms with Crippen LogP contribution in [0.2, 0.25) is 0 Å². The predicted molar refractivity (Wildman–Crippen MR) is 87.7 cm³/mol. The third-order valence-electron chi connectivity index (χ3n) is 3.62. The van der Waals surface area contributed by atoms with Crippen molar-refractivity contribution in [2.75, 3.05) is 6.61 Å². The molecule has 0 N–H and O–H groups in total. The minimum Gasteiger partial charge on any atom is -0.494 e. The zero-order valence-electron chi connectivity index (χ0n) is 12.8. The normalized spacial score (nSPS) is 19.0. The molecule has 0 aromatic carbocycles. The lowest BCUT2D eigenvalue weighted by Crippen LogP contribution is -2.15. The molecule has 0 bridgehead atoms. The lowest BCUT2D eigenvalue weighted by Gasteiger charge is -2.21. The van der Waals surface area contributed by atoms with E-state index >= 15 is 0 Å². The molecule has 2 aliphatic carbocycles. The standard InChI is InChI=1S/C19H24O2/c1-4-15(2)21-16(3)14-20-19-12-10-18(11-13-19)17-8-6-5-7-9-17/h4-6,8,10,12,16H,1-2,7,9,11,13-14H2,3H3. The van der Waals surface area contributed by atoms with E-state index in [1.54, 1.807) is 6.08 Å². The van der Waals surface area contributed by atoms with E-state index in [2.05, 4.69) is 43.5 Å². The third kappa shape index (κ3) is 4.82. The van der Waals surface area contributed by atoms with Gasteiger partial charge < -0.3 is 9.47 Å². The summed E-state index contributed by atoms with van der Waals surface area (Å²) in [6, 6.07) is 0. The summed E-state index contributed by atoms with van der Waals surface area (Å²) in [5.74, 6) is 1.62. The number of rotatable bonds is 7. The molecule has 0 amide bonds. The van der Waals surface area contributed by atoms with Gasteiger partial charge in [-0.05, 0) is 49.5 Å². The van der Waals surface area contributed by atoms with Crippen molar-refractivity contribution in [1.82, 2.24) is 0 Å². The van der Waals surface area contributed by atoms with Crippen LogP contribution in [-0.2, 0) is 9.47 Å². The number of hydrogen-bond acceptors (Lipinski definition) is 2. The summed E-state index contributed by atoms with van der Waals surface area (Å²) >= 11 is 0. The van der Waals surface area contributed by atoms with Crippen LogP contribution >= 0.6 is 0 Å². The third-order valence-corrected chi connectivity index (χ3v) is 3.62. The van der Waals surface area contributed by atoms with Gasteiger partial charge in [0.2, 0.25) is 0 Å². The molecular weight excluding hydrogens is 260 g/mol. The highest BCUT2D eigenvalue weighted by atomic mass is 16.5. The summed E-state index contributed by atoms with van der Waals surface area (Å²) in [7, 11) is 0. The van der Waals surface area contributed by atoms with Crippen LogP contribution in [0.1, 0.15) is 32.6 Å². The Morgan fingerprint density at radius 2 is 2.05 bits per heavy atom. The van der Waals surface area contributed by atoms with Crippen molar-refractivity contribution >= 4 is 0 Å².